The molecule has 1 heterocycles. The van der Waals surface area contributed by atoms with Crippen molar-refractivity contribution in [3.63, 3.8) is 0 Å². The molecule has 0 nitrogen and oxygen atoms in total. The van der Waals surface area contributed by atoms with Gasteiger partial charge >= 0.3 is 0 Å². The third-order valence-corrected chi connectivity index (χ3v) is 3.45. The molecular formula is C12H18S. The fourth-order valence-corrected chi connectivity index (χ4v) is 2.65. The number of rotatable bonds is 0. The molecule has 0 radical (unpaired) electrons. The molecule has 0 amide bonds. The molecule has 72 valence electrons. The smallest absolute Gasteiger partial charge is 0.0152 e. The summed E-state index contributed by atoms with van der Waals surface area (Å²) in [6.45, 7) is 8.49. The lowest BCUT2D eigenvalue weighted by molar-refractivity contribution is 0.790. The molecule has 0 saturated carbocycles. The summed E-state index contributed by atoms with van der Waals surface area (Å²) in [6, 6.07) is 2.28. The van der Waals surface area contributed by atoms with E-state index in [2.05, 4.69) is 32.1 Å². The fraction of sp³-hybridized carbons (Fsp3) is 0.500. The van der Waals surface area contributed by atoms with Gasteiger partial charge in [0.05, 0.1) is 0 Å². The molecule has 1 aromatic heterocycles. The van der Waals surface area contributed by atoms with E-state index >= 15 is 0 Å². The molecule has 0 saturated heterocycles. The molecule has 1 aliphatic rings. The first kappa shape index (κ1) is 10.5. The van der Waals surface area contributed by atoms with Gasteiger partial charge in [-0.1, -0.05) is 32.9 Å². The van der Waals surface area contributed by atoms with E-state index in [1.54, 1.807) is 4.88 Å². The van der Waals surface area contributed by atoms with E-state index in [9.17, 15) is 0 Å². The van der Waals surface area contributed by atoms with Crippen LogP contribution in [0.1, 0.15) is 48.4 Å². The number of hydrogen-bond donors (Lipinski definition) is 0. The summed E-state index contributed by atoms with van der Waals surface area (Å²) in [6.07, 6.45) is 5.74. The highest BCUT2D eigenvalue weighted by Gasteiger charge is 2.14. The van der Waals surface area contributed by atoms with Crippen LogP contribution in [-0.2, 0) is 0 Å². The van der Waals surface area contributed by atoms with Crippen molar-refractivity contribution in [2.45, 2.75) is 40.0 Å². The predicted octanol–water partition coefficient (Wildman–Crippen LogP) is 4.60. The molecule has 0 N–H and O–H groups in total. The molecule has 1 unspecified atom stereocenters. The summed E-state index contributed by atoms with van der Waals surface area (Å²) in [7, 11) is 0. The first-order valence-electron chi connectivity index (χ1n) is 5.04. The fourth-order valence-electron chi connectivity index (χ4n) is 1.57. The molecule has 0 fully saturated rings. The predicted molar refractivity (Wildman–Crippen MR) is 62.5 cm³/mol. The van der Waals surface area contributed by atoms with Crippen molar-refractivity contribution in [2.75, 3.05) is 0 Å². The minimum atomic E-state index is 0.744. The van der Waals surface area contributed by atoms with Crippen LogP contribution in [0.3, 0.4) is 0 Å². The van der Waals surface area contributed by atoms with E-state index in [0.29, 0.717) is 0 Å². The minimum absolute atomic E-state index is 0.744. The van der Waals surface area contributed by atoms with Crippen LogP contribution in [0, 0.1) is 6.92 Å². The summed E-state index contributed by atoms with van der Waals surface area (Å²) in [5.74, 6) is 0.744. The van der Waals surface area contributed by atoms with Crippen molar-refractivity contribution in [3.8, 4) is 0 Å². The SMILES string of the molecule is CC.Cc1cc2c(s1)C(C)CC=C2. The monoisotopic (exact) mass is 194 g/mol. The van der Waals surface area contributed by atoms with Crippen LogP contribution in [0.2, 0.25) is 0 Å². The maximum Gasteiger partial charge on any atom is 0.0152 e. The number of allylic oxidation sites excluding steroid dienone is 1. The molecule has 13 heavy (non-hydrogen) atoms. The van der Waals surface area contributed by atoms with Crippen LogP contribution in [0.15, 0.2) is 12.1 Å². The van der Waals surface area contributed by atoms with Crippen molar-refractivity contribution in [3.05, 3.63) is 27.5 Å². The highest BCUT2D eigenvalue weighted by atomic mass is 32.1. The Labute approximate surface area is 85.3 Å². The average Bonchev–Trinajstić information content (AvgIpc) is 2.51. The van der Waals surface area contributed by atoms with Gasteiger partial charge in [0, 0.05) is 9.75 Å². The zero-order valence-electron chi connectivity index (χ0n) is 8.92. The van der Waals surface area contributed by atoms with Gasteiger partial charge in [-0.3, -0.25) is 0 Å². The Balaban J connectivity index is 0.000000396. The Morgan fingerprint density at radius 1 is 1.38 bits per heavy atom. The van der Waals surface area contributed by atoms with E-state index < -0.39 is 0 Å². The van der Waals surface area contributed by atoms with Crippen LogP contribution in [0.25, 0.3) is 6.08 Å². The van der Waals surface area contributed by atoms with E-state index in [0.717, 1.165) is 5.92 Å². The highest BCUT2D eigenvalue weighted by Crippen LogP contribution is 2.35. The quantitative estimate of drug-likeness (QED) is 0.566. The largest absolute Gasteiger partial charge is 0.145 e. The van der Waals surface area contributed by atoms with E-state index in [4.69, 9.17) is 0 Å². The lowest BCUT2D eigenvalue weighted by Crippen LogP contribution is -1.93. The lowest BCUT2D eigenvalue weighted by atomic mass is 9.97. The van der Waals surface area contributed by atoms with Crippen LogP contribution >= 0.6 is 11.3 Å². The molecule has 1 heteroatoms. The van der Waals surface area contributed by atoms with Gasteiger partial charge in [0.2, 0.25) is 0 Å². The van der Waals surface area contributed by atoms with Gasteiger partial charge in [0.25, 0.3) is 0 Å². The van der Waals surface area contributed by atoms with Crippen LogP contribution < -0.4 is 0 Å². The normalized spacial score (nSPS) is 18.9. The van der Waals surface area contributed by atoms with Gasteiger partial charge in [-0.2, -0.15) is 0 Å². The minimum Gasteiger partial charge on any atom is -0.145 e. The molecule has 1 aromatic rings. The van der Waals surface area contributed by atoms with Crippen molar-refractivity contribution in [1.29, 1.82) is 0 Å². The highest BCUT2D eigenvalue weighted by molar-refractivity contribution is 7.12. The van der Waals surface area contributed by atoms with Gasteiger partial charge < -0.3 is 0 Å². The lowest BCUT2D eigenvalue weighted by Gasteiger charge is -2.11. The van der Waals surface area contributed by atoms with Crippen LogP contribution in [0.4, 0.5) is 0 Å². The van der Waals surface area contributed by atoms with Gasteiger partial charge in [-0.25, -0.2) is 0 Å². The van der Waals surface area contributed by atoms with Crippen LogP contribution in [0.5, 0.6) is 0 Å². The summed E-state index contributed by atoms with van der Waals surface area (Å²) in [5.41, 5.74) is 1.45. The van der Waals surface area contributed by atoms with Crippen LogP contribution in [-0.4, -0.2) is 0 Å². The first-order chi connectivity index (χ1) is 6.27. The van der Waals surface area contributed by atoms with Gasteiger partial charge in [-0.15, -0.1) is 11.3 Å². The molecule has 2 rings (SSSR count). The molecule has 1 aliphatic carbocycles. The number of aryl methyl sites for hydroxylation is 1. The van der Waals surface area contributed by atoms with Gasteiger partial charge in [0.1, 0.15) is 0 Å². The second-order valence-corrected chi connectivity index (χ2v) is 4.50. The maximum absolute atomic E-state index is 2.30. The van der Waals surface area contributed by atoms with Crippen molar-refractivity contribution in [2.24, 2.45) is 0 Å². The topological polar surface area (TPSA) is 0 Å². The summed E-state index contributed by atoms with van der Waals surface area (Å²) < 4.78 is 0. The molecule has 0 bridgehead atoms. The average molecular weight is 194 g/mol. The van der Waals surface area contributed by atoms with E-state index in [1.807, 2.05) is 25.2 Å². The number of hydrogen-bond acceptors (Lipinski definition) is 1. The zero-order valence-corrected chi connectivity index (χ0v) is 9.74. The zero-order chi connectivity index (χ0) is 9.84. The summed E-state index contributed by atoms with van der Waals surface area (Å²) in [4.78, 5) is 3.01. The molecule has 0 spiro atoms. The Bertz CT molecular complexity index is 294. The third-order valence-electron chi connectivity index (χ3n) is 2.15. The second kappa shape index (κ2) is 4.61. The third kappa shape index (κ3) is 2.22. The van der Waals surface area contributed by atoms with Crippen molar-refractivity contribution in [1.82, 2.24) is 0 Å². The summed E-state index contributed by atoms with van der Waals surface area (Å²) >= 11 is 1.95. The molecule has 0 aromatic carbocycles. The Hall–Kier alpha value is -0.560. The Morgan fingerprint density at radius 2 is 2.08 bits per heavy atom. The maximum atomic E-state index is 2.30. The number of fused-ring (bicyclic) bond motifs is 1. The molecular weight excluding hydrogens is 176 g/mol. The molecule has 1 atom stereocenters. The standard InChI is InChI=1S/C10H12S.C2H6/c1-7-4-3-5-9-6-8(2)11-10(7)9;1-2/h3,5-7H,4H2,1-2H3;1-2H3. The van der Waals surface area contributed by atoms with Crippen molar-refractivity contribution < 1.29 is 0 Å². The second-order valence-electron chi connectivity index (χ2n) is 3.22. The van der Waals surface area contributed by atoms with Crippen molar-refractivity contribution >= 4 is 17.4 Å². The Kier molecular flexibility index (Phi) is 3.73. The first-order valence-corrected chi connectivity index (χ1v) is 5.86. The number of thiophene rings is 1. The van der Waals surface area contributed by atoms with E-state index in [1.165, 1.54) is 16.9 Å². The molecule has 0 aliphatic heterocycles. The van der Waals surface area contributed by atoms with Gasteiger partial charge in [-0.05, 0) is 30.9 Å². The van der Waals surface area contributed by atoms with E-state index in [-0.39, 0.29) is 0 Å². The summed E-state index contributed by atoms with van der Waals surface area (Å²) in [5, 5.41) is 0. The Morgan fingerprint density at radius 3 is 2.69 bits per heavy atom. The van der Waals surface area contributed by atoms with Gasteiger partial charge in [0.15, 0.2) is 0 Å².